The van der Waals surface area contributed by atoms with Crippen LogP contribution in [0.1, 0.15) is 40.0 Å². The molecular formula is C23H27N3O4S. The molecular weight excluding hydrogens is 414 g/mol. The summed E-state index contributed by atoms with van der Waals surface area (Å²) in [5.74, 6) is 0.406. The van der Waals surface area contributed by atoms with E-state index in [1.165, 1.54) is 7.11 Å². The standard InChI is InChI=1S/C23H27N3O4S/c1-23(2,3)31(28,29)20-14-26-18(13-24-21(26)12-19(20)30-4)16-9-6-10-17(11-16)25-22(27)15-7-5-8-15/h6,9-15H,5,7-8H2,1-4H3,(H,25,27). The van der Waals surface area contributed by atoms with Gasteiger partial charge in [0.15, 0.2) is 9.84 Å². The second-order valence-corrected chi connectivity index (χ2v) is 11.6. The van der Waals surface area contributed by atoms with E-state index in [1.54, 1.807) is 43.6 Å². The number of carbonyl (C=O) groups excluding carboxylic acids is 1. The fourth-order valence-corrected chi connectivity index (χ4v) is 4.87. The minimum absolute atomic E-state index is 0.0461. The monoisotopic (exact) mass is 441 g/mol. The molecule has 1 N–H and O–H groups in total. The van der Waals surface area contributed by atoms with E-state index >= 15 is 0 Å². The number of fused-ring (bicyclic) bond motifs is 1. The number of nitrogens with zero attached hydrogens (tertiary/aromatic N) is 2. The molecule has 7 nitrogen and oxygen atoms in total. The minimum atomic E-state index is -3.65. The van der Waals surface area contributed by atoms with Gasteiger partial charge in [-0.2, -0.15) is 0 Å². The zero-order chi connectivity index (χ0) is 22.4. The lowest BCUT2D eigenvalue weighted by atomic mass is 9.85. The molecule has 1 aliphatic carbocycles. The van der Waals surface area contributed by atoms with Crippen molar-refractivity contribution < 1.29 is 17.9 Å². The molecule has 1 aromatic carbocycles. The van der Waals surface area contributed by atoms with E-state index in [9.17, 15) is 13.2 Å². The SMILES string of the molecule is COc1cc2ncc(-c3cccc(NC(=O)C4CCC4)c3)n2cc1S(=O)(=O)C(C)(C)C. The number of imidazole rings is 1. The lowest BCUT2D eigenvalue weighted by Crippen LogP contribution is -2.28. The Bertz CT molecular complexity index is 1250. The highest BCUT2D eigenvalue weighted by Crippen LogP contribution is 2.35. The highest BCUT2D eigenvalue weighted by Gasteiger charge is 2.34. The summed E-state index contributed by atoms with van der Waals surface area (Å²) in [6, 6.07) is 9.13. The fraction of sp³-hybridized carbons (Fsp3) is 0.391. The Morgan fingerprint density at radius 1 is 1.23 bits per heavy atom. The van der Waals surface area contributed by atoms with Crippen molar-refractivity contribution in [3.8, 4) is 17.0 Å². The number of benzene rings is 1. The van der Waals surface area contributed by atoms with Gasteiger partial charge in [0.1, 0.15) is 16.3 Å². The Kier molecular flexibility index (Phi) is 5.29. The van der Waals surface area contributed by atoms with Crippen molar-refractivity contribution in [2.24, 2.45) is 5.92 Å². The van der Waals surface area contributed by atoms with Gasteiger partial charge >= 0.3 is 0 Å². The van der Waals surface area contributed by atoms with Gasteiger partial charge in [-0.3, -0.25) is 9.20 Å². The van der Waals surface area contributed by atoms with Crippen LogP contribution in [0.4, 0.5) is 5.69 Å². The molecule has 164 valence electrons. The molecule has 0 unspecified atom stereocenters. The average Bonchev–Trinajstić information content (AvgIpc) is 3.07. The van der Waals surface area contributed by atoms with Crippen LogP contribution < -0.4 is 10.1 Å². The number of aromatic nitrogens is 2. The number of methoxy groups -OCH3 is 1. The van der Waals surface area contributed by atoms with Crippen LogP contribution in [0.2, 0.25) is 0 Å². The number of hydrogen-bond donors (Lipinski definition) is 1. The first-order chi connectivity index (χ1) is 14.6. The Labute approximate surface area is 182 Å². The van der Waals surface area contributed by atoms with Gasteiger partial charge in [-0.05, 0) is 45.7 Å². The quantitative estimate of drug-likeness (QED) is 0.637. The van der Waals surface area contributed by atoms with Crippen molar-refractivity contribution in [2.75, 3.05) is 12.4 Å². The van der Waals surface area contributed by atoms with Gasteiger partial charge in [0.05, 0.1) is 23.7 Å². The number of anilines is 1. The Morgan fingerprint density at radius 3 is 2.58 bits per heavy atom. The summed E-state index contributed by atoms with van der Waals surface area (Å²) < 4.78 is 32.4. The molecule has 4 rings (SSSR count). The van der Waals surface area contributed by atoms with Crippen LogP contribution in [-0.4, -0.2) is 35.6 Å². The van der Waals surface area contributed by atoms with Crippen molar-refractivity contribution in [1.82, 2.24) is 9.38 Å². The van der Waals surface area contributed by atoms with Crippen LogP contribution >= 0.6 is 0 Å². The van der Waals surface area contributed by atoms with Gasteiger partial charge in [0.2, 0.25) is 5.91 Å². The van der Waals surface area contributed by atoms with E-state index in [0.29, 0.717) is 11.3 Å². The van der Waals surface area contributed by atoms with E-state index in [2.05, 4.69) is 10.3 Å². The van der Waals surface area contributed by atoms with Gasteiger partial charge in [-0.1, -0.05) is 18.6 Å². The summed E-state index contributed by atoms with van der Waals surface area (Å²) in [6.45, 7) is 4.99. The molecule has 0 saturated heterocycles. The Morgan fingerprint density at radius 2 is 1.97 bits per heavy atom. The molecule has 1 amide bonds. The van der Waals surface area contributed by atoms with Crippen molar-refractivity contribution in [2.45, 2.75) is 49.7 Å². The zero-order valence-corrected chi connectivity index (χ0v) is 19.0. The molecule has 8 heteroatoms. The van der Waals surface area contributed by atoms with Crippen molar-refractivity contribution in [3.05, 3.63) is 42.7 Å². The van der Waals surface area contributed by atoms with Crippen LogP contribution in [0, 0.1) is 5.92 Å². The van der Waals surface area contributed by atoms with E-state index < -0.39 is 14.6 Å². The Hall–Kier alpha value is -2.87. The zero-order valence-electron chi connectivity index (χ0n) is 18.2. The number of nitrogens with one attached hydrogen (secondary N) is 1. The molecule has 0 radical (unpaired) electrons. The highest BCUT2D eigenvalue weighted by atomic mass is 32.2. The third-order valence-electron chi connectivity index (χ3n) is 5.79. The van der Waals surface area contributed by atoms with Crippen LogP contribution in [0.25, 0.3) is 16.9 Å². The molecule has 0 bridgehead atoms. The number of ether oxygens (including phenoxy) is 1. The van der Waals surface area contributed by atoms with E-state index in [0.717, 1.165) is 30.5 Å². The molecule has 1 aliphatic rings. The average molecular weight is 442 g/mol. The maximum absolute atomic E-state index is 13.2. The van der Waals surface area contributed by atoms with Gasteiger partial charge in [0, 0.05) is 29.4 Å². The number of carbonyl (C=O) groups is 1. The maximum Gasteiger partial charge on any atom is 0.227 e. The largest absolute Gasteiger partial charge is 0.495 e. The molecule has 0 aliphatic heterocycles. The second kappa shape index (κ2) is 7.67. The molecule has 2 heterocycles. The molecule has 1 fully saturated rings. The van der Waals surface area contributed by atoms with Crippen LogP contribution in [-0.2, 0) is 14.6 Å². The first kappa shape index (κ1) is 21.4. The van der Waals surface area contributed by atoms with Crippen LogP contribution in [0.3, 0.4) is 0 Å². The van der Waals surface area contributed by atoms with Crippen molar-refractivity contribution in [1.29, 1.82) is 0 Å². The highest BCUT2D eigenvalue weighted by molar-refractivity contribution is 7.92. The predicted octanol–water partition coefficient (Wildman–Crippen LogP) is 4.32. The van der Waals surface area contributed by atoms with Gasteiger partial charge in [-0.25, -0.2) is 13.4 Å². The van der Waals surface area contributed by atoms with Gasteiger partial charge in [-0.15, -0.1) is 0 Å². The lowest BCUT2D eigenvalue weighted by Gasteiger charge is -2.24. The van der Waals surface area contributed by atoms with Gasteiger partial charge < -0.3 is 10.1 Å². The molecule has 1 saturated carbocycles. The molecule has 3 aromatic rings. The fourth-order valence-electron chi connectivity index (χ4n) is 3.56. The number of pyridine rings is 1. The molecule has 2 aromatic heterocycles. The third-order valence-corrected chi connectivity index (χ3v) is 8.29. The first-order valence-corrected chi connectivity index (χ1v) is 11.8. The summed E-state index contributed by atoms with van der Waals surface area (Å²) in [6.07, 6.45) is 6.23. The number of amides is 1. The van der Waals surface area contributed by atoms with Crippen molar-refractivity contribution >= 4 is 27.1 Å². The maximum atomic E-state index is 13.2. The van der Waals surface area contributed by atoms with Crippen molar-refractivity contribution in [3.63, 3.8) is 0 Å². The first-order valence-electron chi connectivity index (χ1n) is 10.3. The van der Waals surface area contributed by atoms with Crippen LogP contribution in [0.15, 0.2) is 47.6 Å². The molecule has 31 heavy (non-hydrogen) atoms. The summed E-state index contributed by atoms with van der Waals surface area (Å²) >= 11 is 0. The van der Waals surface area contributed by atoms with Gasteiger partial charge in [0.25, 0.3) is 0 Å². The van der Waals surface area contributed by atoms with E-state index in [-0.39, 0.29) is 22.5 Å². The van der Waals surface area contributed by atoms with E-state index in [1.807, 2.05) is 24.3 Å². The summed E-state index contributed by atoms with van der Waals surface area (Å²) in [7, 11) is -2.20. The normalized spacial score (nSPS) is 15.0. The minimum Gasteiger partial charge on any atom is -0.495 e. The summed E-state index contributed by atoms with van der Waals surface area (Å²) in [4.78, 5) is 16.9. The van der Waals surface area contributed by atoms with E-state index in [4.69, 9.17) is 4.74 Å². The lowest BCUT2D eigenvalue weighted by molar-refractivity contribution is -0.122. The summed E-state index contributed by atoms with van der Waals surface area (Å²) in [5, 5.41) is 2.98. The second-order valence-electron chi connectivity index (χ2n) is 8.89. The third kappa shape index (κ3) is 3.80. The molecule has 0 atom stereocenters. The number of rotatable bonds is 5. The predicted molar refractivity (Wildman–Crippen MR) is 120 cm³/mol. The summed E-state index contributed by atoms with van der Waals surface area (Å²) in [5.41, 5.74) is 2.83. The number of sulfone groups is 1. The molecule has 0 spiro atoms. The Balaban J connectivity index is 1.78. The smallest absolute Gasteiger partial charge is 0.227 e. The topological polar surface area (TPSA) is 89.8 Å². The number of hydrogen-bond acceptors (Lipinski definition) is 5. The van der Waals surface area contributed by atoms with Crippen LogP contribution in [0.5, 0.6) is 5.75 Å².